The number of carbonyl (C=O) groups is 2. The highest BCUT2D eigenvalue weighted by molar-refractivity contribution is 6.43. The van der Waals surface area contributed by atoms with Crippen LogP contribution < -0.4 is 21.7 Å². The summed E-state index contributed by atoms with van der Waals surface area (Å²) in [4.78, 5) is 29.2. The van der Waals surface area contributed by atoms with Gasteiger partial charge in [-0.1, -0.05) is 52.4 Å². The molecule has 0 aromatic heterocycles. The Hall–Kier alpha value is -2.32. The number of rotatable bonds is 20. The molecule has 0 saturated heterocycles. The van der Waals surface area contributed by atoms with Crippen LogP contribution in [0.5, 0.6) is 0 Å². The normalized spacial score (nSPS) is 13.1. The van der Waals surface area contributed by atoms with Crippen LogP contribution in [-0.4, -0.2) is 60.5 Å². The Morgan fingerprint density at radius 1 is 1.00 bits per heavy atom. The lowest BCUT2D eigenvalue weighted by atomic mass is 9.75. The van der Waals surface area contributed by atoms with Gasteiger partial charge in [-0.05, 0) is 38.0 Å². The highest BCUT2D eigenvalue weighted by atomic mass is 16.4. The van der Waals surface area contributed by atoms with E-state index >= 15 is 0 Å². The van der Waals surface area contributed by atoms with Crippen molar-refractivity contribution in [2.75, 3.05) is 13.6 Å². The number of hydrogen-bond donors (Lipinski definition) is 6. The summed E-state index contributed by atoms with van der Waals surface area (Å²) in [7, 11) is -0.100. The monoisotopic (exact) mass is 494 g/mol. The SMILES string of the molecule is CN=C(N)NCCC[C@H](NC(=O)CCCCCCCCCCC#N)C(=O)N[C@@H](CC(C)C)B(O)O. The minimum atomic E-state index is -1.67. The van der Waals surface area contributed by atoms with Crippen molar-refractivity contribution in [3.63, 3.8) is 0 Å². The molecule has 0 spiro atoms. The number of carbonyl (C=O) groups excluding carboxylic acids is 2. The van der Waals surface area contributed by atoms with Gasteiger partial charge in [0.2, 0.25) is 11.8 Å². The predicted molar refractivity (Wildman–Crippen MR) is 140 cm³/mol. The third-order valence-electron chi connectivity index (χ3n) is 5.72. The van der Waals surface area contributed by atoms with Gasteiger partial charge in [0.05, 0.1) is 12.0 Å². The van der Waals surface area contributed by atoms with Gasteiger partial charge < -0.3 is 31.7 Å². The first-order valence-electron chi connectivity index (χ1n) is 13.0. The fraction of sp³-hybridized carbons (Fsp3) is 0.833. The average molecular weight is 494 g/mol. The van der Waals surface area contributed by atoms with Gasteiger partial charge in [0.25, 0.3) is 0 Å². The number of nitriles is 1. The lowest BCUT2D eigenvalue weighted by molar-refractivity contribution is -0.129. The quantitative estimate of drug-likeness (QED) is 0.0647. The van der Waals surface area contributed by atoms with Crippen molar-refractivity contribution in [2.45, 2.75) is 109 Å². The minimum absolute atomic E-state index is 0.160. The molecule has 0 heterocycles. The number of hydrogen-bond acceptors (Lipinski definition) is 6. The van der Waals surface area contributed by atoms with Crippen LogP contribution in [-0.2, 0) is 9.59 Å². The summed E-state index contributed by atoms with van der Waals surface area (Å²) in [5.41, 5.74) is 5.62. The zero-order valence-electron chi connectivity index (χ0n) is 21.9. The van der Waals surface area contributed by atoms with E-state index in [1.807, 2.05) is 13.8 Å². The first-order valence-corrected chi connectivity index (χ1v) is 13.0. The van der Waals surface area contributed by atoms with Crippen LogP contribution in [0.1, 0.15) is 97.3 Å². The van der Waals surface area contributed by atoms with E-state index in [1.54, 1.807) is 7.05 Å². The number of aliphatic imine (C=N–C) groups is 1. The fourth-order valence-electron chi connectivity index (χ4n) is 3.73. The molecule has 0 rings (SSSR count). The highest BCUT2D eigenvalue weighted by Gasteiger charge is 2.29. The van der Waals surface area contributed by atoms with E-state index in [1.165, 1.54) is 0 Å². The lowest BCUT2D eigenvalue weighted by Crippen LogP contribution is -2.54. The van der Waals surface area contributed by atoms with Crippen molar-refractivity contribution >= 4 is 24.9 Å². The molecular weight excluding hydrogens is 447 g/mol. The molecule has 2 atom stereocenters. The van der Waals surface area contributed by atoms with Crippen molar-refractivity contribution in [2.24, 2.45) is 16.6 Å². The molecule has 10 nitrogen and oxygen atoms in total. The van der Waals surface area contributed by atoms with Crippen LogP contribution in [0.3, 0.4) is 0 Å². The number of nitrogens with two attached hydrogens (primary N) is 1. The topological polar surface area (TPSA) is 173 Å². The lowest BCUT2D eigenvalue weighted by Gasteiger charge is -2.24. The largest absolute Gasteiger partial charge is 0.475 e. The van der Waals surface area contributed by atoms with Crippen molar-refractivity contribution < 1.29 is 19.6 Å². The summed E-state index contributed by atoms with van der Waals surface area (Å²) >= 11 is 0. The smallest absolute Gasteiger partial charge is 0.426 e. The molecule has 0 aliphatic rings. The van der Waals surface area contributed by atoms with E-state index < -0.39 is 25.0 Å². The molecule has 0 aromatic carbocycles. The van der Waals surface area contributed by atoms with Crippen LogP contribution >= 0.6 is 0 Å². The van der Waals surface area contributed by atoms with Gasteiger partial charge in [0.1, 0.15) is 6.04 Å². The summed E-state index contributed by atoms with van der Waals surface area (Å²) in [5.74, 6) is -0.951. The Morgan fingerprint density at radius 3 is 2.14 bits per heavy atom. The number of unbranched alkanes of at least 4 members (excludes halogenated alkanes) is 8. The maximum Gasteiger partial charge on any atom is 0.475 e. The van der Waals surface area contributed by atoms with Gasteiger partial charge in [-0.3, -0.25) is 14.6 Å². The van der Waals surface area contributed by atoms with E-state index in [4.69, 9.17) is 11.0 Å². The van der Waals surface area contributed by atoms with Gasteiger partial charge in [0, 0.05) is 26.4 Å². The third kappa shape index (κ3) is 18.7. The third-order valence-corrected chi connectivity index (χ3v) is 5.72. The van der Waals surface area contributed by atoms with E-state index in [2.05, 4.69) is 27.0 Å². The molecule has 0 saturated carbocycles. The Morgan fingerprint density at radius 2 is 1.60 bits per heavy atom. The molecule has 0 aliphatic heterocycles. The highest BCUT2D eigenvalue weighted by Crippen LogP contribution is 2.11. The van der Waals surface area contributed by atoms with Crippen LogP contribution in [0, 0.1) is 17.2 Å². The molecule has 7 N–H and O–H groups in total. The second-order valence-electron chi connectivity index (χ2n) is 9.44. The van der Waals surface area contributed by atoms with Crippen LogP contribution in [0.4, 0.5) is 0 Å². The summed E-state index contributed by atoms with van der Waals surface area (Å²) in [6.07, 6.45) is 10.6. The van der Waals surface area contributed by atoms with Gasteiger partial charge in [-0.15, -0.1) is 0 Å². The zero-order chi connectivity index (χ0) is 26.5. The van der Waals surface area contributed by atoms with Crippen LogP contribution in [0.25, 0.3) is 0 Å². The van der Waals surface area contributed by atoms with Crippen LogP contribution in [0.2, 0.25) is 0 Å². The van der Waals surface area contributed by atoms with E-state index in [9.17, 15) is 19.6 Å². The maximum atomic E-state index is 12.9. The molecule has 0 radical (unpaired) electrons. The zero-order valence-corrected chi connectivity index (χ0v) is 21.9. The number of amides is 2. The Kier molecular flexibility index (Phi) is 19.6. The first kappa shape index (κ1) is 32.7. The molecule has 2 amide bonds. The fourth-order valence-corrected chi connectivity index (χ4v) is 3.73. The average Bonchev–Trinajstić information content (AvgIpc) is 2.81. The molecule has 11 heteroatoms. The van der Waals surface area contributed by atoms with E-state index in [0.29, 0.717) is 44.6 Å². The predicted octanol–water partition coefficient (Wildman–Crippen LogP) is 1.75. The summed E-state index contributed by atoms with van der Waals surface area (Å²) in [5, 5.41) is 36.2. The van der Waals surface area contributed by atoms with Crippen molar-refractivity contribution in [1.29, 1.82) is 5.26 Å². The second-order valence-corrected chi connectivity index (χ2v) is 9.44. The standard InChI is InChI=1S/C24H47BN6O4/c1-19(2)18-21(25(34)35)31-23(33)20(14-13-17-29-24(27)28-3)30-22(32)15-11-9-7-5-4-6-8-10-12-16-26/h19-21,34-35H,4-15,17-18H2,1-3H3,(H,30,32)(H,31,33)(H3,27,28,29)/t20-,21-/m0/s1. The number of guanidine groups is 1. The molecule has 0 bridgehead atoms. The Bertz CT molecular complexity index is 654. The van der Waals surface area contributed by atoms with Crippen molar-refractivity contribution in [1.82, 2.24) is 16.0 Å². The minimum Gasteiger partial charge on any atom is -0.426 e. The second kappa shape index (κ2) is 21.0. The molecule has 0 aliphatic carbocycles. The number of nitrogens with one attached hydrogen (secondary N) is 3. The Labute approximate surface area is 211 Å². The van der Waals surface area contributed by atoms with E-state index in [-0.39, 0.29) is 11.8 Å². The molecule has 200 valence electrons. The van der Waals surface area contributed by atoms with E-state index in [0.717, 1.165) is 51.4 Å². The van der Waals surface area contributed by atoms with Crippen LogP contribution in [0.15, 0.2) is 4.99 Å². The van der Waals surface area contributed by atoms with Gasteiger partial charge in [-0.2, -0.15) is 5.26 Å². The molecule has 0 fully saturated rings. The van der Waals surface area contributed by atoms with Gasteiger partial charge >= 0.3 is 7.12 Å². The first-order chi connectivity index (χ1) is 16.7. The molecule has 0 aromatic rings. The maximum absolute atomic E-state index is 12.9. The summed E-state index contributed by atoms with van der Waals surface area (Å²) in [6, 6.07) is 1.39. The van der Waals surface area contributed by atoms with Gasteiger partial charge in [0.15, 0.2) is 5.96 Å². The van der Waals surface area contributed by atoms with Crippen molar-refractivity contribution in [3.8, 4) is 6.07 Å². The molecular formula is C24H47BN6O4. The molecule has 35 heavy (non-hydrogen) atoms. The Balaban J connectivity index is 4.57. The van der Waals surface area contributed by atoms with Gasteiger partial charge in [-0.25, -0.2) is 0 Å². The number of nitrogens with zero attached hydrogens (tertiary/aromatic N) is 2. The summed E-state index contributed by atoms with van der Waals surface area (Å²) in [6.45, 7) is 4.36. The molecule has 0 unspecified atom stereocenters. The van der Waals surface area contributed by atoms with Crippen molar-refractivity contribution in [3.05, 3.63) is 0 Å². The summed E-state index contributed by atoms with van der Waals surface area (Å²) < 4.78 is 0.